The lowest BCUT2D eigenvalue weighted by Crippen LogP contribution is -2.15. The minimum absolute atomic E-state index is 0.0556. The minimum atomic E-state index is -0.0556. The lowest BCUT2D eigenvalue weighted by Gasteiger charge is -2.24. The van der Waals surface area contributed by atoms with Gasteiger partial charge in [0.05, 0.1) is 0 Å². The fraction of sp³-hybridized carbons (Fsp3) is 0.571. The molecule has 0 aliphatic heterocycles. The first-order valence-electron chi connectivity index (χ1n) is 5.87. The van der Waals surface area contributed by atoms with E-state index in [0.717, 1.165) is 23.1 Å². The first-order valence-corrected chi connectivity index (χ1v) is 5.87. The Bertz CT molecular complexity index is 377. The number of nitrogens with two attached hydrogens (primary N) is 1. The standard InChI is InChI=1S/C14H23NO/c1-6-12(15)10-8-11(14(3,4)5)13(16)7-9(10)2/h7-8,12,16H,6,15H2,1-5H3. The van der Waals surface area contributed by atoms with Crippen LogP contribution in [0.15, 0.2) is 12.1 Å². The number of aromatic hydroxyl groups is 1. The largest absolute Gasteiger partial charge is 0.508 e. The summed E-state index contributed by atoms with van der Waals surface area (Å²) >= 11 is 0. The molecule has 1 rings (SSSR count). The van der Waals surface area contributed by atoms with Gasteiger partial charge >= 0.3 is 0 Å². The topological polar surface area (TPSA) is 46.2 Å². The molecular weight excluding hydrogens is 198 g/mol. The van der Waals surface area contributed by atoms with E-state index in [0.29, 0.717) is 5.75 Å². The van der Waals surface area contributed by atoms with Crippen LogP contribution in [0.2, 0.25) is 0 Å². The Hall–Kier alpha value is -1.02. The van der Waals surface area contributed by atoms with Gasteiger partial charge < -0.3 is 10.8 Å². The smallest absolute Gasteiger partial charge is 0.119 e. The van der Waals surface area contributed by atoms with Crippen LogP contribution in [0, 0.1) is 6.92 Å². The maximum Gasteiger partial charge on any atom is 0.119 e. The van der Waals surface area contributed by atoms with Crippen molar-refractivity contribution in [1.82, 2.24) is 0 Å². The highest BCUT2D eigenvalue weighted by Crippen LogP contribution is 2.34. The first kappa shape index (κ1) is 13.0. The Morgan fingerprint density at radius 2 is 1.88 bits per heavy atom. The third-order valence-electron chi connectivity index (χ3n) is 3.03. The van der Waals surface area contributed by atoms with Crippen LogP contribution in [0.5, 0.6) is 5.75 Å². The van der Waals surface area contributed by atoms with E-state index in [1.54, 1.807) is 0 Å². The third kappa shape index (κ3) is 2.56. The van der Waals surface area contributed by atoms with E-state index in [1.807, 2.05) is 13.0 Å². The van der Waals surface area contributed by atoms with Crippen LogP contribution in [0.25, 0.3) is 0 Å². The van der Waals surface area contributed by atoms with E-state index in [2.05, 4.69) is 33.8 Å². The molecule has 1 atom stereocenters. The van der Waals surface area contributed by atoms with Crippen LogP contribution in [-0.2, 0) is 5.41 Å². The highest BCUT2D eigenvalue weighted by atomic mass is 16.3. The molecule has 0 saturated carbocycles. The van der Waals surface area contributed by atoms with Gasteiger partial charge in [-0.15, -0.1) is 0 Å². The van der Waals surface area contributed by atoms with Crippen LogP contribution in [0.1, 0.15) is 56.8 Å². The van der Waals surface area contributed by atoms with Crippen molar-refractivity contribution in [3.8, 4) is 5.75 Å². The van der Waals surface area contributed by atoms with E-state index in [1.165, 1.54) is 0 Å². The number of phenolic OH excluding ortho intramolecular Hbond substituents is 1. The molecule has 0 heterocycles. The molecule has 1 unspecified atom stereocenters. The first-order chi connectivity index (χ1) is 7.27. The molecule has 0 spiro atoms. The van der Waals surface area contributed by atoms with Gasteiger partial charge in [-0.1, -0.05) is 27.7 Å². The zero-order chi connectivity index (χ0) is 12.5. The number of hydrogen-bond acceptors (Lipinski definition) is 2. The minimum Gasteiger partial charge on any atom is -0.508 e. The maximum atomic E-state index is 9.97. The Balaban J connectivity index is 3.33. The fourth-order valence-corrected chi connectivity index (χ4v) is 1.93. The average Bonchev–Trinajstić information content (AvgIpc) is 2.14. The van der Waals surface area contributed by atoms with E-state index >= 15 is 0 Å². The molecule has 1 aromatic carbocycles. The monoisotopic (exact) mass is 221 g/mol. The number of phenols is 1. The van der Waals surface area contributed by atoms with Gasteiger partial charge in [0.1, 0.15) is 5.75 Å². The van der Waals surface area contributed by atoms with Crippen molar-refractivity contribution >= 4 is 0 Å². The lowest BCUT2D eigenvalue weighted by atomic mass is 9.83. The Kier molecular flexibility index (Phi) is 3.64. The second-order valence-electron chi connectivity index (χ2n) is 5.49. The Morgan fingerprint density at radius 3 is 2.31 bits per heavy atom. The normalized spacial score (nSPS) is 13.9. The van der Waals surface area contributed by atoms with E-state index in [9.17, 15) is 5.11 Å². The third-order valence-corrected chi connectivity index (χ3v) is 3.03. The van der Waals surface area contributed by atoms with Crippen LogP contribution in [0.4, 0.5) is 0 Å². The molecule has 2 nitrogen and oxygen atoms in total. The van der Waals surface area contributed by atoms with Crippen LogP contribution in [-0.4, -0.2) is 5.11 Å². The molecule has 0 bridgehead atoms. The van der Waals surface area contributed by atoms with Gasteiger partial charge in [0.2, 0.25) is 0 Å². The molecule has 0 saturated heterocycles. The molecule has 16 heavy (non-hydrogen) atoms. The van der Waals surface area contributed by atoms with Crippen LogP contribution < -0.4 is 5.73 Å². The Morgan fingerprint density at radius 1 is 1.31 bits per heavy atom. The summed E-state index contributed by atoms with van der Waals surface area (Å²) in [6, 6.07) is 3.94. The number of benzene rings is 1. The Labute approximate surface area is 98.5 Å². The van der Waals surface area contributed by atoms with Crippen molar-refractivity contribution in [2.45, 2.75) is 52.5 Å². The molecule has 0 aliphatic rings. The molecule has 0 amide bonds. The summed E-state index contributed by atoms with van der Waals surface area (Å²) in [6.45, 7) is 10.4. The van der Waals surface area contributed by atoms with Gasteiger partial charge in [-0.3, -0.25) is 0 Å². The molecule has 3 N–H and O–H groups in total. The van der Waals surface area contributed by atoms with Gasteiger partial charge in [0, 0.05) is 6.04 Å². The number of rotatable bonds is 2. The predicted molar refractivity (Wildman–Crippen MR) is 68.8 cm³/mol. The van der Waals surface area contributed by atoms with E-state index < -0.39 is 0 Å². The highest BCUT2D eigenvalue weighted by molar-refractivity contribution is 5.45. The zero-order valence-electron chi connectivity index (χ0n) is 11.0. The van der Waals surface area contributed by atoms with Crippen molar-refractivity contribution < 1.29 is 5.11 Å². The summed E-state index contributed by atoms with van der Waals surface area (Å²) in [7, 11) is 0. The summed E-state index contributed by atoms with van der Waals surface area (Å²) < 4.78 is 0. The van der Waals surface area contributed by atoms with Crippen molar-refractivity contribution in [1.29, 1.82) is 0 Å². The maximum absolute atomic E-state index is 9.97. The molecule has 0 radical (unpaired) electrons. The SMILES string of the molecule is CCC(N)c1cc(C(C)(C)C)c(O)cc1C. The fourth-order valence-electron chi connectivity index (χ4n) is 1.93. The zero-order valence-corrected chi connectivity index (χ0v) is 11.0. The average molecular weight is 221 g/mol. The summed E-state index contributed by atoms with van der Waals surface area (Å²) in [5, 5.41) is 9.97. The molecule has 2 heteroatoms. The highest BCUT2D eigenvalue weighted by Gasteiger charge is 2.20. The van der Waals surface area contributed by atoms with Crippen molar-refractivity contribution in [2.75, 3.05) is 0 Å². The molecule has 0 aliphatic carbocycles. The van der Waals surface area contributed by atoms with E-state index in [4.69, 9.17) is 5.73 Å². The van der Waals surface area contributed by atoms with E-state index in [-0.39, 0.29) is 11.5 Å². The van der Waals surface area contributed by atoms with Crippen LogP contribution in [0.3, 0.4) is 0 Å². The van der Waals surface area contributed by atoms with Gasteiger partial charge in [-0.2, -0.15) is 0 Å². The molecule has 0 fully saturated rings. The van der Waals surface area contributed by atoms with Crippen molar-refractivity contribution in [2.24, 2.45) is 5.73 Å². The van der Waals surface area contributed by atoms with Crippen LogP contribution >= 0.6 is 0 Å². The molecule has 1 aromatic rings. The van der Waals surface area contributed by atoms with Gasteiger partial charge in [0.25, 0.3) is 0 Å². The molecule has 90 valence electrons. The second-order valence-corrected chi connectivity index (χ2v) is 5.49. The number of aryl methyl sites for hydroxylation is 1. The quantitative estimate of drug-likeness (QED) is 0.804. The lowest BCUT2D eigenvalue weighted by molar-refractivity contribution is 0.445. The van der Waals surface area contributed by atoms with Crippen molar-refractivity contribution in [3.63, 3.8) is 0 Å². The second kappa shape index (κ2) is 4.46. The molecule has 0 aromatic heterocycles. The molecular formula is C14H23NO. The summed E-state index contributed by atoms with van der Waals surface area (Å²) in [4.78, 5) is 0. The van der Waals surface area contributed by atoms with Gasteiger partial charge in [0.15, 0.2) is 0 Å². The number of hydrogen-bond donors (Lipinski definition) is 2. The van der Waals surface area contributed by atoms with Gasteiger partial charge in [-0.05, 0) is 47.6 Å². The predicted octanol–water partition coefficient (Wildman–Crippen LogP) is 3.41. The van der Waals surface area contributed by atoms with Gasteiger partial charge in [-0.25, -0.2) is 0 Å². The summed E-state index contributed by atoms with van der Waals surface area (Å²) in [6.07, 6.45) is 0.912. The summed E-state index contributed by atoms with van der Waals surface area (Å²) in [5.41, 5.74) is 9.20. The summed E-state index contributed by atoms with van der Waals surface area (Å²) in [5.74, 6) is 0.372. The van der Waals surface area contributed by atoms with Crippen molar-refractivity contribution in [3.05, 3.63) is 28.8 Å².